The molecule has 0 aromatic carbocycles. The molecule has 2 rings (SSSR count). The molecule has 0 radical (unpaired) electrons. The number of carbonyl (C=O) groups excluding carboxylic acids is 1. The minimum Gasteiger partial charge on any atom is -0.397 e. The van der Waals surface area contributed by atoms with E-state index in [4.69, 9.17) is 16.2 Å². The second-order valence-corrected chi connectivity index (χ2v) is 4.51. The number of aromatic nitrogens is 1. The number of nitrogens with zero attached hydrogens (tertiary/aromatic N) is 1. The van der Waals surface area contributed by atoms with Gasteiger partial charge in [0.1, 0.15) is 5.82 Å². The monoisotopic (exact) mass is 250 g/mol. The number of nitrogens with two attached hydrogens (primary N) is 2. The molecule has 2 unspecified atom stereocenters. The van der Waals surface area contributed by atoms with E-state index >= 15 is 0 Å². The van der Waals surface area contributed by atoms with Crippen LogP contribution in [0.2, 0.25) is 0 Å². The lowest BCUT2D eigenvalue weighted by molar-refractivity contribution is 0.0995. The summed E-state index contributed by atoms with van der Waals surface area (Å²) < 4.78 is 5.58. The summed E-state index contributed by atoms with van der Waals surface area (Å²) in [5.41, 5.74) is 11.4. The van der Waals surface area contributed by atoms with Gasteiger partial charge in [-0.3, -0.25) is 4.79 Å². The Labute approximate surface area is 106 Å². The number of primary amides is 1. The van der Waals surface area contributed by atoms with Crippen molar-refractivity contribution >= 4 is 17.4 Å². The van der Waals surface area contributed by atoms with E-state index in [2.05, 4.69) is 10.3 Å². The van der Waals surface area contributed by atoms with Crippen molar-refractivity contribution in [1.29, 1.82) is 0 Å². The summed E-state index contributed by atoms with van der Waals surface area (Å²) in [4.78, 5) is 15.3. The van der Waals surface area contributed by atoms with E-state index in [-0.39, 0.29) is 23.4 Å². The fourth-order valence-electron chi connectivity index (χ4n) is 2.08. The zero-order chi connectivity index (χ0) is 13.1. The molecule has 1 fully saturated rings. The highest BCUT2D eigenvalue weighted by atomic mass is 16.5. The summed E-state index contributed by atoms with van der Waals surface area (Å²) in [6.07, 6.45) is 3.73. The molecule has 2 heterocycles. The number of pyridine rings is 1. The largest absolute Gasteiger partial charge is 0.397 e. The van der Waals surface area contributed by atoms with E-state index in [0.717, 1.165) is 19.4 Å². The van der Waals surface area contributed by atoms with Crippen molar-refractivity contribution in [2.75, 3.05) is 17.7 Å². The Kier molecular flexibility index (Phi) is 3.66. The molecule has 2 atom stereocenters. The van der Waals surface area contributed by atoms with E-state index in [1.807, 2.05) is 6.92 Å². The minimum atomic E-state index is -0.553. The van der Waals surface area contributed by atoms with Gasteiger partial charge in [0.2, 0.25) is 0 Å². The number of amides is 1. The summed E-state index contributed by atoms with van der Waals surface area (Å²) in [5, 5.41) is 3.21. The van der Waals surface area contributed by atoms with Crippen LogP contribution in [0.3, 0.4) is 0 Å². The average Bonchev–Trinajstić information content (AvgIpc) is 2.85. The van der Waals surface area contributed by atoms with Gasteiger partial charge in [-0.1, -0.05) is 0 Å². The first kappa shape index (κ1) is 12.6. The lowest BCUT2D eigenvalue weighted by atomic mass is 10.1. The van der Waals surface area contributed by atoms with Gasteiger partial charge in [-0.25, -0.2) is 4.98 Å². The number of ether oxygens (including phenoxy) is 1. The van der Waals surface area contributed by atoms with Crippen molar-refractivity contribution in [2.45, 2.75) is 31.9 Å². The number of anilines is 2. The first-order valence-electron chi connectivity index (χ1n) is 6.01. The van der Waals surface area contributed by atoms with Gasteiger partial charge < -0.3 is 21.5 Å². The summed E-state index contributed by atoms with van der Waals surface area (Å²) in [6.45, 7) is 2.83. The van der Waals surface area contributed by atoms with E-state index in [1.165, 1.54) is 6.20 Å². The Balaban J connectivity index is 2.09. The first-order valence-corrected chi connectivity index (χ1v) is 6.01. The van der Waals surface area contributed by atoms with Crippen LogP contribution >= 0.6 is 0 Å². The third-order valence-corrected chi connectivity index (χ3v) is 3.10. The van der Waals surface area contributed by atoms with Crippen molar-refractivity contribution in [3.8, 4) is 0 Å². The minimum absolute atomic E-state index is 0.129. The van der Waals surface area contributed by atoms with Crippen molar-refractivity contribution in [2.24, 2.45) is 5.73 Å². The van der Waals surface area contributed by atoms with Gasteiger partial charge >= 0.3 is 0 Å². The summed E-state index contributed by atoms with van der Waals surface area (Å²) in [7, 11) is 0. The second kappa shape index (κ2) is 5.22. The molecule has 0 aliphatic carbocycles. The van der Waals surface area contributed by atoms with Crippen LogP contribution in [0.4, 0.5) is 11.5 Å². The fourth-order valence-corrected chi connectivity index (χ4v) is 2.08. The van der Waals surface area contributed by atoms with Crippen molar-refractivity contribution in [1.82, 2.24) is 4.98 Å². The van der Waals surface area contributed by atoms with Gasteiger partial charge in [-0.05, 0) is 25.8 Å². The fraction of sp³-hybridized carbons (Fsp3) is 0.500. The van der Waals surface area contributed by atoms with Gasteiger partial charge in [0, 0.05) is 6.61 Å². The molecule has 1 saturated heterocycles. The van der Waals surface area contributed by atoms with Gasteiger partial charge in [-0.15, -0.1) is 0 Å². The lowest BCUT2D eigenvalue weighted by Gasteiger charge is -2.20. The zero-order valence-electron chi connectivity index (χ0n) is 10.3. The van der Waals surface area contributed by atoms with E-state index in [0.29, 0.717) is 5.82 Å². The quantitative estimate of drug-likeness (QED) is 0.731. The first-order chi connectivity index (χ1) is 8.58. The molecule has 98 valence electrons. The van der Waals surface area contributed by atoms with Crippen LogP contribution in [0.15, 0.2) is 12.3 Å². The van der Waals surface area contributed by atoms with Crippen molar-refractivity contribution in [3.63, 3.8) is 0 Å². The Morgan fingerprint density at radius 2 is 2.44 bits per heavy atom. The van der Waals surface area contributed by atoms with Crippen molar-refractivity contribution < 1.29 is 9.53 Å². The molecule has 6 heteroatoms. The zero-order valence-corrected chi connectivity index (χ0v) is 10.3. The lowest BCUT2D eigenvalue weighted by Crippen LogP contribution is -2.30. The van der Waals surface area contributed by atoms with Crippen LogP contribution in [-0.2, 0) is 4.74 Å². The molecule has 1 aromatic rings. The van der Waals surface area contributed by atoms with E-state index in [9.17, 15) is 4.79 Å². The molecular weight excluding hydrogens is 232 g/mol. The molecule has 0 saturated carbocycles. The molecule has 6 nitrogen and oxygen atoms in total. The smallest absolute Gasteiger partial charge is 0.250 e. The van der Waals surface area contributed by atoms with Crippen molar-refractivity contribution in [3.05, 3.63) is 17.8 Å². The standard InChI is InChI=1S/C12H18N4O2/c1-7(10-3-2-4-18-10)16-11-5-8(12(14)17)9(13)6-15-11/h5-7,10H,2-4,13H2,1H3,(H2,14,17)(H,15,16). The Morgan fingerprint density at radius 1 is 1.67 bits per heavy atom. The molecule has 1 aliphatic heterocycles. The molecule has 0 bridgehead atoms. The van der Waals surface area contributed by atoms with Crippen LogP contribution in [-0.4, -0.2) is 29.6 Å². The van der Waals surface area contributed by atoms with Crippen LogP contribution in [0.5, 0.6) is 0 Å². The summed E-state index contributed by atoms with van der Waals surface area (Å²) in [5.74, 6) is 0.0312. The van der Waals surface area contributed by atoms with Crippen LogP contribution in [0.1, 0.15) is 30.1 Å². The van der Waals surface area contributed by atoms with Gasteiger partial charge in [0.25, 0.3) is 5.91 Å². The molecule has 1 aliphatic rings. The molecule has 18 heavy (non-hydrogen) atoms. The normalized spacial score (nSPS) is 20.6. The highest BCUT2D eigenvalue weighted by Crippen LogP contribution is 2.20. The second-order valence-electron chi connectivity index (χ2n) is 4.51. The molecule has 1 aromatic heterocycles. The van der Waals surface area contributed by atoms with Crippen LogP contribution < -0.4 is 16.8 Å². The summed E-state index contributed by atoms with van der Waals surface area (Å²) in [6, 6.07) is 1.70. The predicted octanol–water partition coefficient (Wildman–Crippen LogP) is 0.742. The molecule has 1 amide bonds. The maximum absolute atomic E-state index is 11.2. The van der Waals surface area contributed by atoms with Gasteiger partial charge in [-0.2, -0.15) is 0 Å². The SMILES string of the molecule is CC(Nc1cc(C(N)=O)c(N)cn1)C1CCCO1. The maximum Gasteiger partial charge on any atom is 0.250 e. The molecule has 5 N–H and O–H groups in total. The van der Waals surface area contributed by atoms with Crippen LogP contribution in [0, 0.1) is 0 Å². The summed E-state index contributed by atoms with van der Waals surface area (Å²) >= 11 is 0. The number of hydrogen-bond acceptors (Lipinski definition) is 5. The number of nitrogen functional groups attached to an aromatic ring is 1. The van der Waals surface area contributed by atoms with Crippen LogP contribution in [0.25, 0.3) is 0 Å². The Hall–Kier alpha value is -1.82. The number of hydrogen-bond donors (Lipinski definition) is 3. The highest BCUT2D eigenvalue weighted by molar-refractivity contribution is 5.98. The van der Waals surface area contributed by atoms with Gasteiger partial charge in [0.15, 0.2) is 0 Å². The average molecular weight is 250 g/mol. The highest BCUT2D eigenvalue weighted by Gasteiger charge is 2.22. The number of nitrogens with one attached hydrogen (secondary N) is 1. The number of rotatable bonds is 4. The molecular formula is C12H18N4O2. The molecule has 0 spiro atoms. The Morgan fingerprint density at radius 3 is 3.06 bits per heavy atom. The predicted molar refractivity (Wildman–Crippen MR) is 69.2 cm³/mol. The van der Waals surface area contributed by atoms with E-state index < -0.39 is 5.91 Å². The maximum atomic E-state index is 11.2. The van der Waals surface area contributed by atoms with E-state index in [1.54, 1.807) is 6.07 Å². The topological polar surface area (TPSA) is 103 Å². The number of carbonyl (C=O) groups is 1. The third kappa shape index (κ3) is 2.70. The third-order valence-electron chi connectivity index (χ3n) is 3.10. The Bertz CT molecular complexity index is 444. The van der Waals surface area contributed by atoms with Gasteiger partial charge in [0.05, 0.1) is 29.6 Å².